The van der Waals surface area contributed by atoms with E-state index in [2.05, 4.69) is 0 Å². The third-order valence-electron chi connectivity index (χ3n) is 2.23. The van der Waals surface area contributed by atoms with Crippen molar-refractivity contribution in [2.45, 2.75) is 18.2 Å². The van der Waals surface area contributed by atoms with Crippen LogP contribution in [0.1, 0.15) is 23.7 Å². The molecule has 0 saturated carbocycles. The fraction of sp³-hybridized carbons (Fsp3) is 0.273. The molecule has 0 fully saturated rings. The second kappa shape index (κ2) is 5.09. The van der Waals surface area contributed by atoms with Gasteiger partial charge in [-0.2, -0.15) is 0 Å². The number of ketones is 1. The fourth-order valence-electron chi connectivity index (χ4n) is 1.25. The van der Waals surface area contributed by atoms with Gasteiger partial charge in [-0.1, -0.05) is 19.1 Å². The molecule has 0 atom stereocenters. The fourth-order valence-corrected chi connectivity index (χ4v) is 2.14. The summed E-state index contributed by atoms with van der Waals surface area (Å²) >= 11 is 0. The van der Waals surface area contributed by atoms with Crippen molar-refractivity contribution in [3.05, 3.63) is 29.8 Å². The number of aliphatic carboxylic acids is 1. The molecule has 0 radical (unpaired) electrons. The van der Waals surface area contributed by atoms with Crippen LogP contribution < -0.4 is 0 Å². The average Bonchev–Trinajstić information content (AvgIpc) is 2.28. The van der Waals surface area contributed by atoms with Crippen LogP contribution in [0, 0.1) is 0 Å². The van der Waals surface area contributed by atoms with E-state index in [1.54, 1.807) is 0 Å². The Balaban J connectivity index is 2.96. The maximum Gasteiger partial charge on any atom is 0.311 e. The molecule has 0 amide bonds. The molecular weight excluding hydrogens is 244 g/mol. The van der Waals surface area contributed by atoms with Gasteiger partial charge < -0.3 is 5.11 Å². The molecule has 0 aliphatic carbocycles. The zero-order valence-electron chi connectivity index (χ0n) is 9.21. The van der Waals surface area contributed by atoms with Crippen LogP contribution in [0.25, 0.3) is 0 Å². The largest absolute Gasteiger partial charge is 0.481 e. The van der Waals surface area contributed by atoms with Crippen molar-refractivity contribution >= 4 is 21.6 Å². The van der Waals surface area contributed by atoms with Crippen molar-refractivity contribution in [1.29, 1.82) is 0 Å². The van der Waals surface area contributed by atoms with E-state index in [4.69, 9.17) is 5.11 Å². The second-order valence-electron chi connectivity index (χ2n) is 3.42. The van der Waals surface area contributed by atoms with Crippen LogP contribution in [0.3, 0.4) is 0 Å². The first-order valence-corrected chi connectivity index (χ1v) is 6.60. The molecule has 0 aliphatic heterocycles. The Morgan fingerprint density at radius 3 is 2.12 bits per heavy atom. The quantitative estimate of drug-likeness (QED) is 0.630. The van der Waals surface area contributed by atoms with Crippen LogP contribution in [0.4, 0.5) is 0 Å². The minimum atomic E-state index is -3.29. The van der Waals surface area contributed by atoms with Crippen LogP contribution in [-0.4, -0.2) is 31.0 Å². The van der Waals surface area contributed by atoms with E-state index in [1.807, 2.05) is 0 Å². The van der Waals surface area contributed by atoms with Gasteiger partial charge in [-0.25, -0.2) is 8.42 Å². The third kappa shape index (κ3) is 3.39. The highest BCUT2D eigenvalue weighted by molar-refractivity contribution is 7.91. The second-order valence-corrected chi connectivity index (χ2v) is 5.70. The highest BCUT2D eigenvalue weighted by Gasteiger charge is 2.14. The van der Waals surface area contributed by atoms with Crippen LogP contribution in [0.2, 0.25) is 0 Å². The van der Waals surface area contributed by atoms with E-state index in [-0.39, 0.29) is 16.2 Å². The molecule has 1 aromatic carbocycles. The van der Waals surface area contributed by atoms with Crippen LogP contribution in [-0.2, 0) is 14.6 Å². The molecule has 1 rings (SSSR count). The van der Waals surface area contributed by atoms with E-state index >= 15 is 0 Å². The van der Waals surface area contributed by atoms with Crippen LogP contribution in [0.15, 0.2) is 29.2 Å². The standard InChI is InChI=1S/C11H12O5S/c1-2-17(15,16)9-5-3-8(4-6-9)10(12)7-11(13)14/h3-6H,2,7H2,1H3,(H,13,14). The van der Waals surface area contributed by atoms with Crippen molar-refractivity contribution < 1.29 is 23.1 Å². The van der Waals surface area contributed by atoms with Gasteiger partial charge in [0.05, 0.1) is 10.6 Å². The number of carboxylic acid groups (broad SMARTS) is 1. The summed E-state index contributed by atoms with van der Waals surface area (Å²) in [6.45, 7) is 1.53. The molecular formula is C11H12O5S. The number of carbonyl (C=O) groups excluding carboxylic acids is 1. The topological polar surface area (TPSA) is 88.5 Å². The molecule has 1 aromatic rings. The van der Waals surface area contributed by atoms with E-state index in [1.165, 1.54) is 31.2 Å². The lowest BCUT2D eigenvalue weighted by atomic mass is 10.1. The lowest BCUT2D eigenvalue weighted by Crippen LogP contribution is -2.08. The molecule has 0 heterocycles. The van der Waals surface area contributed by atoms with Crippen molar-refractivity contribution in [3.8, 4) is 0 Å². The highest BCUT2D eigenvalue weighted by atomic mass is 32.2. The first kappa shape index (κ1) is 13.4. The van der Waals surface area contributed by atoms with Gasteiger partial charge in [0.15, 0.2) is 15.6 Å². The summed E-state index contributed by atoms with van der Waals surface area (Å²) in [5.41, 5.74) is 0.197. The molecule has 0 spiro atoms. The maximum atomic E-state index is 11.5. The van der Waals surface area contributed by atoms with Crippen LogP contribution in [0.5, 0.6) is 0 Å². The monoisotopic (exact) mass is 256 g/mol. The molecule has 5 nitrogen and oxygen atoms in total. The van der Waals surface area contributed by atoms with Gasteiger partial charge in [-0.05, 0) is 12.1 Å². The van der Waals surface area contributed by atoms with E-state index < -0.39 is 28.0 Å². The lowest BCUT2D eigenvalue weighted by Gasteiger charge is -2.02. The van der Waals surface area contributed by atoms with Crippen molar-refractivity contribution in [2.75, 3.05) is 5.75 Å². The van der Waals surface area contributed by atoms with Crippen LogP contribution >= 0.6 is 0 Å². The number of carboxylic acids is 1. The smallest absolute Gasteiger partial charge is 0.311 e. The minimum Gasteiger partial charge on any atom is -0.481 e. The molecule has 92 valence electrons. The Labute approximate surface area is 99.0 Å². The van der Waals surface area contributed by atoms with Crippen molar-refractivity contribution in [3.63, 3.8) is 0 Å². The number of sulfone groups is 1. The van der Waals surface area contributed by atoms with Gasteiger partial charge in [0.1, 0.15) is 6.42 Å². The number of Topliss-reactive ketones (excluding diaryl/α,β-unsaturated/α-hetero) is 1. The summed E-state index contributed by atoms with van der Waals surface area (Å²) in [4.78, 5) is 21.8. The SMILES string of the molecule is CCS(=O)(=O)c1ccc(C(=O)CC(=O)O)cc1. The maximum absolute atomic E-state index is 11.5. The summed E-state index contributed by atoms with van der Waals surface area (Å²) in [6.07, 6.45) is -0.597. The normalized spacial score (nSPS) is 11.1. The average molecular weight is 256 g/mol. The first-order valence-electron chi connectivity index (χ1n) is 4.94. The van der Waals surface area contributed by atoms with Gasteiger partial charge in [-0.3, -0.25) is 9.59 Å². The zero-order valence-corrected chi connectivity index (χ0v) is 10.0. The van der Waals surface area contributed by atoms with E-state index in [9.17, 15) is 18.0 Å². The first-order chi connectivity index (χ1) is 7.86. The zero-order chi connectivity index (χ0) is 13.1. The summed E-state index contributed by atoms with van der Waals surface area (Å²) in [6, 6.07) is 5.28. The van der Waals surface area contributed by atoms with Gasteiger partial charge in [0, 0.05) is 5.56 Å². The summed E-state index contributed by atoms with van der Waals surface area (Å²) in [5, 5.41) is 8.45. The van der Waals surface area contributed by atoms with Gasteiger partial charge >= 0.3 is 5.97 Å². The molecule has 17 heavy (non-hydrogen) atoms. The highest BCUT2D eigenvalue weighted by Crippen LogP contribution is 2.13. The predicted molar refractivity (Wildman–Crippen MR) is 60.8 cm³/mol. The molecule has 0 unspecified atom stereocenters. The predicted octanol–water partition coefficient (Wildman–Crippen LogP) is 1.14. The molecule has 6 heteroatoms. The molecule has 0 aromatic heterocycles. The summed E-state index contributed by atoms with van der Waals surface area (Å²) in [5.74, 6) is -1.77. The lowest BCUT2D eigenvalue weighted by molar-refractivity contribution is -0.135. The van der Waals surface area contributed by atoms with Gasteiger partial charge in [0.2, 0.25) is 0 Å². The Morgan fingerprint density at radius 2 is 1.71 bits per heavy atom. The number of hydrogen-bond acceptors (Lipinski definition) is 4. The van der Waals surface area contributed by atoms with Crippen molar-refractivity contribution in [2.24, 2.45) is 0 Å². The Hall–Kier alpha value is -1.69. The van der Waals surface area contributed by atoms with Gasteiger partial charge in [-0.15, -0.1) is 0 Å². The number of rotatable bonds is 5. The number of carbonyl (C=O) groups is 2. The van der Waals surface area contributed by atoms with Gasteiger partial charge in [0.25, 0.3) is 0 Å². The number of benzene rings is 1. The Morgan fingerprint density at radius 1 is 1.18 bits per heavy atom. The summed E-state index contributed by atoms with van der Waals surface area (Å²) < 4.78 is 23.0. The molecule has 1 N–H and O–H groups in total. The minimum absolute atomic E-state index is 0.0184. The Kier molecular flexibility index (Phi) is 4.01. The molecule has 0 bridgehead atoms. The third-order valence-corrected chi connectivity index (χ3v) is 3.98. The molecule has 0 aliphatic rings. The van der Waals surface area contributed by atoms with E-state index in [0.29, 0.717) is 0 Å². The molecule has 0 saturated heterocycles. The summed E-state index contributed by atoms with van der Waals surface area (Å²) in [7, 11) is -3.29. The number of hydrogen-bond donors (Lipinski definition) is 1. The Bertz CT molecular complexity index is 527. The van der Waals surface area contributed by atoms with E-state index in [0.717, 1.165) is 0 Å². The van der Waals surface area contributed by atoms with Crippen molar-refractivity contribution in [1.82, 2.24) is 0 Å².